The third-order valence-corrected chi connectivity index (χ3v) is 7.80. The average Bonchev–Trinajstić information content (AvgIpc) is 3.17. The molecule has 0 unspecified atom stereocenters. The van der Waals surface area contributed by atoms with E-state index in [4.69, 9.17) is 4.74 Å². The van der Waals surface area contributed by atoms with E-state index >= 15 is 0 Å². The molecule has 1 spiro atoms. The Balaban J connectivity index is 1.42. The van der Waals surface area contributed by atoms with Crippen molar-refractivity contribution in [1.82, 2.24) is 14.9 Å². The molecule has 4 rings (SSSR count). The van der Waals surface area contributed by atoms with Gasteiger partial charge in [0.2, 0.25) is 15.2 Å². The number of nitrogens with one attached hydrogen (secondary N) is 1. The van der Waals surface area contributed by atoms with E-state index in [2.05, 4.69) is 19.8 Å². The van der Waals surface area contributed by atoms with Gasteiger partial charge in [-0.2, -0.15) is 0 Å². The SMILES string of the molecule is Cc1nnc(N2CC[C@]3(C[C@H](NS(=O)(=O)C4CC4)CCO3)C2)s1. The summed E-state index contributed by atoms with van der Waals surface area (Å²) in [5.41, 5.74) is -0.255. The zero-order chi connectivity index (χ0) is 16.1. The highest BCUT2D eigenvalue weighted by Gasteiger charge is 2.46. The Kier molecular flexibility index (Phi) is 3.86. The Morgan fingerprint density at radius 2 is 2.17 bits per heavy atom. The molecule has 3 heterocycles. The van der Waals surface area contributed by atoms with Crippen LogP contribution in [0.4, 0.5) is 5.13 Å². The number of rotatable bonds is 4. The zero-order valence-corrected chi connectivity index (χ0v) is 14.8. The minimum absolute atomic E-state index is 0.00884. The first-order valence-corrected chi connectivity index (χ1v) is 10.5. The molecule has 3 fully saturated rings. The Labute approximate surface area is 140 Å². The number of nitrogens with zero attached hydrogens (tertiary/aromatic N) is 3. The van der Waals surface area contributed by atoms with Crippen molar-refractivity contribution in [3.05, 3.63) is 5.01 Å². The van der Waals surface area contributed by atoms with Crippen LogP contribution in [-0.4, -0.2) is 55.2 Å². The summed E-state index contributed by atoms with van der Waals surface area (Å²) in [6.07, 6.45) is 4.01. The van der Waals surface area contributed by atoms with Crippen molar-refractivity contribution in [1.29, 1.82) is 0 Å². The summed E-state index contributed by atoms with van der Waals surface area (Å²) in [6, 6.07) is -0.00884. The van der Waals surface area contributed by atoms with Gasteiger partial charge in [-0.15, -0.1) is 10.2 Å². The fraction of sp³-hybridized carbons (Fsp3) is 0.857. The highest BCUT2D eigenvalue weighted by molar-refractivity contribution is 7.90. The number of sulfonamides is 1. The normalized spacial score (nSPS) is 31.9. The minimum Gasteiger partial charge on any atom is -0.373 e. The van der Waals surface area contributed by atoms with E-state index in [-0.39, 0.29) is 16.9 Å². The molecule has 128 valence electrons. The zero-order valence-electron chi connectivity index (χ0n) is 13.2. The molecule has 0 amide bonds. The van der Waals surface area contributed by atoms with Crippen LogP contribution in [0, 0.1) is 6.92 Å². The van der Waals surface area contributed by atoms with Crippen molar-refractivity contribution in [3.63, 3.8) is 0 Å². The van der Waals surface area contributed by atoms with E-state index in [1.54, 1.807) is 11.3 Å². The van der Waals surface area contributed by atoms with Crippen LogP contribution in [-0.2, 0) is 14.8 Å². The van der Waals surface area contributed by atoms with Crippen LogP contribution < -0.4 is 9.62 Å². The molecule has 3 aliphatic rings. The lowest BCUT2D eigenvalue weighted by molar-refractivity contribution is -0.0706. The van der Waals surface area contributed by atoms with Crippen LogP contribution in [0.15, 0.2) is 0 Å². The quantitative estimate of drug-likeness (QED) is 0.866. The third kappa shape index (κ3) is 3.24. The molecule has 0 aromatic carbocycles. The summed E-state index contributed by atoms with van der Waals surface area (Å²) in [5, 5.41) is 10.0. The molecule has 0 bridgehead atoms. The first-order valence-electron chi connectivity index (χ1n) is 8.16. The van der Waals surface area contributed by atoms with Crippen LogP contribution >= 0.6 is 11.3 Å². The van der Waals surface area contributed by atoms with E-state index in [9.17, 15) is 8.42 Å². The monoisotopic (exact) mass is 358 g/mol. The molecule has 2 saturated heterocycles. The highest BCUT2D eigenvalue weighted by Crippen LogP contribution is 2.38. The molecular formula is C14H22N4O3S2. The number of hydrogen-bond donors (Lipinski definition) is 1. The maximum atomic E-state index is 12.2. The molecule has 9 heteroatoms. The van der Waals surface area contributed by atoms with Gasteiger partial charge >= 0.3 is 0 Å². The topological polar surface area (TPSA) is 84.4 Å². The van der Waals surface area contributed by atoms with Crippen LogP contribution in [0.2, 0.25) is 0 Å². The maximum absolute atomic E-state index is 12.2. The molecule has 2 atom stereocenters. The number of aromatic nitrogens is 2. The van der Waals surface area contributed by atoms with E-state index in [1.807, 2.05) is 6.92 Å². The summed E-state index contributed by atoms with van der Waals surface area (Å²) in [4.78, 5) is 2.21. The van der Waals surface area contributed by atoms with Gasteiger partial charge in [0.25, 0.3) is 0 Å². The van der Waals surface area contributed by atoms with E-state index in [0.29, 0.717) is 6.61 Å². The molecule has 2 aliphatic heterocycles. The van der Waals surface area contributed by atoms with Gasteiger partial charge in [-0.25, -0.2) is 13.1 Å². The fourth-order valence-corrected chi connectivity index (χ4v) is 5.87. The summed E-state index contributed by atoms with van der Waals surface area (Å²) in [6.45, 7) is 4.22. The summed E-state index contributed by atoms with van der Waals surface area (Å²) in [7, 11) is -3.13. The van der Waals surface area contributed by atoms with Gasteiger partial charge in [0.15, 0.2) is 0 Å². The first kappa shape index (κ1) is 15.7. The van der Waals surface area contributed by atoms with Crippen molar-refractivity contribution < 1.29 is 13.2 Å². The Bertz CT molecular complexity index is 688. The molecule has 23 heavy (non-hydrogen) atoms. The van der Waals surface area contributed by atoms with Gasteiger partial charge in [-0.05, 0) is 39.0 Å². The Morgan fingerprint density at radius 3 is 2.87 bits per heavy atom. The van der Waals surface area contributed by atoms with Crippen molar-refractivity contribution in [2.24, 2.45) is 0 Å². The minimum atomic E-state index is -3.13. The predicted molar refractivity (Wildman–Crippen MR) is 88.3 cm³/mol. The summed E-state index contributed by atoms with van der Waals surface area (Å²) < 4.78 is 33.3. The van der Waals surface area contributed by atoms with E-state index in [1.165, 1.54) is 0 Å². The Morgan fingerprint density at radius 1 is 1.35 bits per heavy atom. The van der Waals surface area contributed by atoms with Crippen molar-refractivity contribution in [2.75, 3.05) is 24.6 Å². The van der Waals surface area contributed by atoms with E-state index in [0.717, 1.165) is 55.3 Å². The second kappa shape index (κ2) is 5.65. The number of ether oxygens (including phenoxy) is 1. The van der Waals surface area contributed by atoms with Gasteiger partial charge in [0, 0.05) is 25.7 Å². The standard InChI is InChI=1S/C14H22N4O3S2/c1-10-15-16-13(22-10)18-6-5-14(9-18)8-11(4-7-21-14)17-23(19,20)12-2-3-12/h11-12,17H,2-9H2,1H3/t11-,14+/m1/s1. The Hall–Kier alpha value is -0.770. The second-order valence-electron chi connectivity index (χ2n) is 6.86. The number of aryl methyl sites for hydroxylation is 1. The molecule has 1 aromatic heterocycles. The van der Waals surface area contributed by atoms with Gasteiger partial charge < -0.3 is 9.64 Å². The lowest BCUT2D eigenvalue weighted by Crippen LogP contribution is -2.50. The summed E-state index contributed by atoms with van der Waals surface area (Å²) in [5.74, 6) is 0. The summed E-state index contributed by atoms with van der Waals surface area (Å²) >= 11 is 1.59. The van der Waals surface area contributed by atoms with Gasteiger partial charge in [-0.1, -0.05) is 11.3 Å². The molecule has 7 nitrogen and oxygen atoms in total. The van der Waals surface area contributed by atoms with Crippen molar-refractivity contribution >= 4 is 26.5 Å². The molecular weight excluding hydrogens is 336 g/mol. The van der Waals surface area contributed by atoms with Crippen molar-refractivity contribution in [2.45, 2.75) is 55.9 Å². The lowest BCUT2D eigenvalue weighted by atomic mass is 9.90. The number of hydrogen-bond acceptors (Lipinski definition) is 7. The van der Waals surface area contributed by atoms with Gasteiger partial charge in [0.1, 0.15) is 5.01 Å². The van der Waals surface area contributed by atoms with Gasteiger partial charge in [0.05, 0.1) is 10.9 Å². The fourth-order valence-electron chi connectivity index (χ4n) is 3.54. The average molecular weight is 358 g/mol. The number of anilines is 1. The smallest absolute Gasteiger partial charge is 0.214 e. The maximum Gasteiger partial charge on any atom is 0.214 e. The highest BCUT2D eigenvalue weighted by atomic mass is 32.2. The van der Waals surface area contributed by atoms with Gasteiger partial charge in [-0.3, -0.25) is 0 Å². The predicted octanol–water partition coefficient (Wildman–Crippen LogP) is 1.06. The third-order valence-electron chi connectivity index (χ3n) is 4.89. The van der Waals surface area contributed by atoms with Crippen LogP contribution in [0.25, 0.3) is 0 Å². The first-order chi connectivity index (χ1) is 11.0. The molecule has 1 aromatic rings. The largest absolute Gasteiger partial charge is 0.373 e. The molecule has 0 radical (unpaired) electrons. The van der Waals surface area contributed by atoms with Crippen LogP contribution in [0.5, 0.6) is 0 Å². The van der Waals surface area contributed by atoms with E-state index < -0.39 is 10.0 Å². The molecule has 1 aliphatic carbocycles. The molecule has 1 saturated carbocycles. The van der Waals surface area contributed by atoms with Crippen LogP contribution in [0.3, 0.4) is 0 Å². The lowest BCUT2D eigenvalue weighted by Gasteiger charge is -2.38. The van der Waals surface area contributed by atoms with Crippen LogP contribution in [0.1, 0.15) is 37.1 Å². The van der Waals surface area contributed by atoms with Crippen molar-refractivity contribution in [3.8, 4) is 0 Å². The molecule has 1 N–H and O–H groups in total. The second-order valence-corrected chi connectivity index (χ2v) is 10.0.